The molecule has 0 unspecified atom stereocenters. The van der Waals surface area contributed by atoms with Crippen molar-refractivity contribution < 1.29 is 4.74 Å². The quantitative estimate of drug-likeness (QED) is 0.376. The van der Waals surface area contributed by atoms with Crippen LogP contribution in [0.5, 0.6) is 11.5 Å². The lowest BCUT2D eigenvalue weighted by atomic mass is 9.96. The van der Waals surface area contributed by atoms with Gasteiger partial charge in [-0.05, 0) is 41.5 Å². The number of aryl methyl sites for hydroxylation is 1. The summed E-state index contributed by atoms with van der Waals surface area (Å²) >= 11 is 0. The van der Waals surface area contributed by atoms with Crippen LogP contribution in [0.1, 0.15) is 5.56 Å². The highest BCUT2D eigenvalue weighted by Crippen LogP contribution is 2.48. The van der Waals surface area contributed by atoms with Gasteiger partial charge in [0.25, 0.3) is 0 Å². The Labute approximate surface area is 128 Å². The van der Waals surface area contributed by atoms with Gasteiger partial charge in [0.15, 0.2) is 0 Å². The number of rotatable bonds is 0. The first-order chi connectivity index (χ1) is 10.8. The predicted molar refractivity (Wildman–Crippen MR) is 89.5 cm³/mol. The molecule has 0 amide bonds. The topological polar surface area (TPSA) is 22.1 Å². The molecule has 0 atom stereocenters. The Morgan fingerprint density at radius 1 is 0.909 bits per heavy atom. The molecule has 1 aliphatic rings. The molecule has 22 heavy (non-hydrogen) atoms. The minimum atomic E-state index is 0.905. The minimum Gasteiger partial charge on any atom is -0.455 e. The summed E-state index contributed by atoms with van der Waals surface area (Å²) in [7, 11) is 0. The van der Waals surface area contributed by atoms with Gasteiger partial charge in [-0.2, -0.15) is 0 Å². The molecule has 0 aliphatic carbocycles. The van der Waals surface area contributed by atoms with Crippen LogP contribution in [0.15, 0.2) is 60.8 Å². The second-order valence-corrected chi connectivity index (χ2v) is 5.79. The lowest BCUT2D eigenvalue weighted by molar-refractivity contribution is 0.492. The van der Waals surface area contributed by atoms with Crippen molar-refractivity contribution in [1.29, 1.82) is 0 Å². The Kier molecular flexibility index (Phi) is 2.18. The van der Waals surface area contributed by atoms with Gasteiger partial charge in [-0.15, -0.1) is 0 Å². The van der Waals surface area contributed by atoms with E-state index in [1.807, 2.05) is 18.3 Å². The number of nitrogens with zero attached hydrogens (tertiary/aromatic N) is 1. The van der Waals surface area contributed by atoms with Gasteiger partial charge in [0.05, 0.1) is 11.1 Å². The van der Waals surface area contributed by atoms with Gasteiger partial charge in [0.1, 0.15) is 11.5 Å². The number of fused-ring (bicyclic) bond motifs is 4. The number of benzene rings is 3. The van der Waals surface area contributed by atoms with Crippen molar-refractivity contribution in [2.45, 2.75) is 6.92 Å². The maximum Gasteiger partial charge on any atom is 0.144 e. The number of pyridine rings is 1. The van der Waals surface area contributed by atoms with Crippen LogP contribution in [-0.4, -0.2) is 4.98 Å². The highest BCUT2D eigenvalue weighted by molar-refractivity contribution is 6.06. The van der Waals surface area contributed by atoms with Gasteiger partial charge in [0.2, 0.25) is 0 Å². The molecule has 0 saturated heterocycles. The monoisotopic (exact) mass is 283 g/mol. The van der Waals surface area contributed by atoms with Crippen molar-refractivity contribution in [3.63, 3.8) is 0 Å². The third kappa shape index (κ3) is 1.47. The minimum absolute atomic E-state index is 0.905. The van der Waals surface area contributed by atoms with Crippen LogP contribution in [0.2, 0.25) is 0 Å². The zero-order chi connectivity index (χ0) is 14.7. The standard InChI is InChI=1S/C20H13NO/c1-12-10-14-8-9-21-19-16-7-6-13-4-2-3-5-15(13)20(16)22-17(11-12)18(14)19/h2-11H,1H3. The Morgan fingerprint density at radius 3 is 2.77 bits per heavy atom. The number of hydrogen-bond donors (Lipinski definition) is 0. The number of aromatic nitrogens is 1. The van der Waals surface area contributed by atoms with E-state index in [2.05, 4.69) is 54.4 Å². The van der Waals surface area contributed by atoms with Crippen molar-refractivity contribution in [3.05, 3.63) is 66.4 Å². The van der Waals surface area contributed by atoms with Crippen molar-refractivity contribution in [3.8, 4) is 22.8 Å². The second kappa shape index (κ2) is 4.08. The molecule has 5 rings (SSSR count). The molecule has 2 nitrogen and oxygen atoms in total. The van der Waals surface area contributed by atoms with Crippen molar-refractivity contribution in [2.75, 3.05) is 0 Å². The lowest BCUT2D eigenvalue weighted by Crippen LogP contribution is -2.00. The molecule has 2 heteroatoms. The smallest absolute Gasteiger partial charge is 0.144 e. The largest absolute Gasteiger partial charge is 0.455 e. The third-order valence-electron chi connectivity index (χ3n) is 4.32. The van der Waals surface area contributed by atoms with Gasteiger partial charge in [-0.1, -0.05) is 36.4 Å². The summed E-state index contributed by atoms with van der Waals surface area (Å²) in [5, 5.41) is 4.60. The molecule has 0 bridgehead atoms. The highest BCUT2D eigenvalue weighted by atomic mass is 16.5. The number of ether oxygens (including phenoxy) is 1. The first-order valence-corrected chi connectivity index (χ1v) is 7.40. The molecular formula is C20H13NO. The summed E-state index contributed by atoms with van der Waals surface area (Å²) in [6.07, 6.45) is 1.88. The average molecular weight is 283 g/mol. The third-order valence-corrected chi connectivity index (χ3v) is 4.32. The normalized spacial score (nSPS) is 12.2. The summed E-state index contributed by atoms with van der Waals surface area (Å²) < 4.78 is 6.30. The summed E-state index contributed by atoms with van der Waals surface area (Å²) in [6.45, 7) is 2.10. The molecule has 0 radical (unpaired) electrons. The van der Waals surface area contributed by atoms with Gasteiger partial charge in [0, 0.05) is 17.1 Å². The van der Waals surface area contributed by atoms with E-state index in [-0.39, 0.29) is 0 Å². The molecule has 4 aromatic rings. The molecule has 1 aliphatic heterocycles. The summed E-state index contributed by atoms with van der Waals surface area (Å²) in [4.78, 5) is 4.64. The van der Waals surface area contributed by atoms with Gasteiger partial charge in [-0.25, -0.2) is 0 Å². The molecule has 2 heterocycles. The Morgan fingerprint density at radius 2 is 1.82 bits per heavy atom. The van der Waals surface area contributed by atoms with E-state index in [0.29, 0.717) is 0 Å². The van der Waals surface area contributed by atoms with Crippen molar-refractivity contribution in [2.24, 2.45) is 0 Å². The summed E-state index contributed by atoms with van der Waals surface area (Å²) in [6, 6.07) is 18.9. The Balaban J connectivity index is 1.97. The van der Waals surface area contributed by atoms with Crippen LogP contribution in [0.4, 0.5) is 0 Å². The van der Waals surface area contributed by atoms with Crippen molar-refractivity contribution in [1.82, 2.24) is 4.98 Å². The van der Waals surface area contributed by atoms with E-state index in [4.69, 9.17) is 4.74 Å². The fraction of sp³-hybridized carbons (Fsp3) is 0.0500. The van der Waals surface area contributed by atoms with E-state index < -0.39 is 0 Å². The fourth-order valence-electron chi connectivity index (χ4n) is 3.36. The molecule has 0 fully saturated rings. The maximum atomic E-state index is 6.30. The van der Waals surface area contributed by atoms with Gasteiger partial charge in [-0.3, -0.25) is 4.98 Å². The van der Waals surface area contributed by atoms with Crippen LogP contribution in [-0.2, 0) is 0 Å². The maximum absolute atomic E-state index is 6.30. The van der Waals surface area contributed by atoms with E-state index in [1.54, 1.807) is 0 Å². The lowest BCUT2D eigenvalue weighted by Gasteiger charge is -2.22. The molecule has 1 aromatic heterocycles. The van der Waals surface area contributed by atoms with E-state index in [9.17, 15) is 0 Å². The fourth-order valence-corrected chi connectivity index (χ4v) is 3.36. The summed E-state index contributed by atoms with van der Waals surface area (Å²) in [5.74, 6) is 1.82. The SMILES string of the molecule is Cc1cc2c3c(nccc3c1)-c1ccc3ccccc3c1O2. The van der Waals surface area contributed by atoms with Crippen molar-refractivity contribution >= 4 is 21.5 Å². The van der Waals surface area contributed by atoms with Crippen LogP contribution >= 0.6 is 0 Å². The molecule has 0 saturated carbocycles. The molecule has 3 aromatic carbocycles. The molecular weight excluding hydrogens is 270 g/mol. The average Bonchev–Trinajstić information content (AvgIpc) is 2.54. The van der Waals surface area contributed by atoms with Crippen LogP contribution in [0.3, 0.4) is 0 Å². The first kappa shape index (κ1) is 11.8. The zero-order valence-corrected chi connectivity index (χ0v) is 12.1. The Hall–Kier alpha value is -2.87. The molecule has 0 spiro atoms. The Bertz CT molecular complexity index is 1070. The molecule has 104 valence electrons. The van der Waals surface area contributed by atoms with Crippen LogP contribution < -0.4 is 4.74 Å². The van der Waals surface area contributed by atoms with E-state index in [1.165, 1.54) is 16.3 Å². The summed E-state index contributed by atoms with van der Waals surface area (Å²) in [5.41, 5.74) is 3.28. The number of hydrogen-bond acceptors (Lipinski definition) is 2. The zero-order valence-electron chi connectivity index (χ0n) is 12.1. The second-order valence-electron chi connectivity index (χ2n) is 5.79. The van der Waals surface area contributed by atoms with Crippen LogP contribution in [0.25, 0.3) is 32.8 Å². The van der Waals surface area contributed by atoms with Gasteiger partial charge >= 0.3 is 0 Å². The van der Waals surface area contributed by atoms with Gasteiger partial charge < -0.3 is 4.74 Å². The van der Waals surface area contributed by atoms with Crippen LogP contribution in [0, 0.1) is 6.92 Å². The highest BCUT2D eigenvalue weighted by Gasteiger charge is 2.22. The van der Waals surface area contributed by atoms with E-state index >= 15 is 0 Å². The molecule has 0 N–H and O–H groups in total. The van der Waals surface area contributed by atoms with E-state index in [0.717, 1.165) is 33.5 Å². The predicted octanol–water partition coefficient (Wildman–Crippen LogP) is 5.47. The first-order valence-electron chi connectivity index (χ1n) is 7.40.